The van der Waals surface area contributed by atoms with E-state index < -0.39 is 10.1 Å². The molecule has 1 rings (SSSR count). The van der Waals surface area contributed by atoms with Crippen LogP contribution in [0.3, 0.4) is 0 Å². The van der Waals surface area contributed by atoms with E-state index in [1.807, 2.05) is 0 Å². The molecule has 0 aromatic heterocycles. The Labute approximate surface area is 96.0 Å². The van der Waals surface area contributed by atoms with Gasteiger partial charge in [0.1, 0.15) is 10.1 Å². The van der Waals surface area contributed by atoms with E-state index in [4.69, 9.17) is 11.6 Å². The molecule has 3 nitrogen and oxygen atoms in total. The van der Waals surface area contributed by atoms with Crippen molar-refractivity contribution in [2.24, 2.45) is 0 Å². The Kier molecular flexibility index (Phi) is 4.69. The molecule has 0 fully saturated rings. The van der Waals surface area contributed by atoms with E-state index in [0.717, 1.165) is 0 Å². The zero-order chi connectivity index (χ0) is 8.48. The van der Waals surface area contributed by atoms with Gasteiger partial charge >= 0.3 is 27.7 Å². The maximum Gasteiger partial charge on any atom is 1.00 e. The Bertz CT molecular complexity index is 363. The Hall–Kier alpha value is 0.355. The molecule has 12 heavy (non-hydrogen) atoms. The molecule has 0 aliphatic rings. The summed E-state index contributed by atoms with van der Waals surface area (Å²) in [6.07, 6.45) is 0. The molecule has 0 aliphatic carbocycles. The summed E-state index contributed by atoms with van der Waals surface area (Å²) in [5, 5.41) is -0.0394. The number of rotatable bonds is 1. The molecule has 1 aromatic carbocycles. The van der Waals surface area contributed by atoms with Crippen molar-refractivity contribution in [3.8, 4) is 0 Å². The molecular formula is C6H4ClHgO3S. The molecular weight excluding hydrogens is 388 g/mol. The van der Waals surface area contributed by atoms with Crippen LogP contribution in [0.25, 0.3) is 0 Å². The molecule has 0 saturated carbocycles. The third-order valence-corrected chi connectivity index (χ3v) is 2.44. The van der Waals surface area contributed by atoms with Crippen molar-refractivity contribution in [1.82, 2.24) is 0 Å². The number of hydrogen-bond acceptors (Lipinski definition) is 3. The number of halogens is 1. The first-order valence-electron chi connectivity index (χ1n) is 2.72. The summed E-state index contributed by atoms with van der Waals surface area (Å²) in [7, 11) is -4.42. The second kappa shape index (κ2) is 4.55. The largest absolute Gasteiger partial charge is 1.00 e. The van der Waals surface area contributed by atoms with Gasteiger partial charge in [-0.1, -0.05) is 23.7 Å². The molecule has 0 bridgehead atoms. The topological polar surface area (TPSA) is 57.2 Å². The SMILES string of the molecule is O=S(=O)([O-])c1ccccc1Cl.[Hg+]. The summed E-state index contributed by atoms with van der Waals surface area (Å²) >= 11 is 5.43. The molecule has 6 heteroatoms. The number of benzene rings is 1. The Balaban J connectivity index is 0.00000121. The monoisotopic (exact) mass is 393 g/mol. The minimum absolute atomic E-state index is 0. The smallest absolute Gasteiger partial charge is 0.744 e. The minimum atomic E-state index is -4.42. The summed E-state index contributed by atoms with van der Waals surface area (Å²) in [6, 6.07) is 5.52. The fraction of sp³-hybridized carbons (Fsp3) is 0. The average molecular weight is 392 g/mol. The third kappa shape index (κ3) is 3.01. The van der Waals surface area contributed by atoms with Crippen LogP contribution >= 0.6 is 11.6 Å². The standard InChI is InChI=1S/C6H5ClO3S.Hg/c7-5-3-1-2-4-6(5)11(8,9)10;/h1-4H,(H,8,9,10);/q;+1/p-1. The first-order valence-corrected chi connectivity index (χ1v) is 4.51. The van der Waals surface area contributed by atoms with Crippen LogP contribution in [0, 0.1) is 0 Å². The Morgan fingerprint density at radius 1 is 1.25 bits per heavy atom. The first kappa shape index (κ1) is 12.4. The van der Waals surface area contributed by atoms with Crippen molar-refractivity contribution in [3.05, 3.63) is 29.3 Å². The van der Waals surface area contributed by atoms with Gasteiger partial charge in [-0.15, -0.1) is 0 Å². The van der Waals surface area contributed by atoms with Crippen molar-refractivity contribution >= 4 is 21.7 Å². The zero-order valence-corrected chi connectivity index (χ0v) is 13.1. The summed E-state index contributed by atoms with van der Waals surface area (Å²) in [5.41, 5.74) is 0. The summed E-state index contributed by atoms with van der Waals surface area (Å²) < 4.78 is 31.2. The molecule has 0 saturated heterocycles. The predicted octanol–water partition coefficient (Wildman–Crippen LogP) is 1.24. The second-order valence-electron chi connectivity index (χ2n) is 1.88. The Morgan fingerprint density at radius 2 is 1.75 bits per heavy atom. The average Bonchev–Trinajstić information content (AvgIpc) is 1.86. The van der Waals surface area contributed by atoms with Gasteiger partial charge in [-0.3, -0.25) is 0 Å². The summed E-state index contributed by atoms with van der Waals surface area (Å²) in [6.45, 7) is 0. The van der Waals surface area contributed by atoms with Gasteiger partial charge in [-0.25, -0.2) is 8.42 Å². The molecule has 0 unspecified atom stereocenters. The van der Waals surface area contributed by atoms with E-state index >= 15 is 0 Å². The molecule has 0 spiro atoms. The molecule has 1 radical (unpaired) electrons. The fourth-order valence-corrected chi connectivity index (χ4v) is 1.62. The molecule has 1 aromatic rings. The van der Waals surface area contributed by atoms with Crippen LogP contribution in [0.15, 0.2) is 29.2 Å². The second-order valence-corrected chi connectivity index (χ2v) is 3.64. The third-order valence-electron chi connectivity index (χ3n) is 1.11. The number of hydrogen-bond donors (Lipinski definition) is 0. The van der Waals surface area contributed by atoms with Crippen LogP contribution in [0.2, 0.25) is 5.02 Å². The van der Waals surface area contributed by atoms with E-state index in [9.17, 15) is 13.0 Å². The van der Waals surface area contributed by atoms with Gasteiger partial charge in [0.15, 0.2) is 0 Å². The van der Waals surface area contributed by atoms with Gasteiger partial charge in [0.05, 0.1) is 9.92 Å². The van der Waals surface area contributed by atoms with Crippen LogP contribution in [0.1, 0.15) is 0 Å². The fourth-order valence-electron chi connectivity index (χ4n) is 0.647. The van der Waals surface area contributed by atoms with Gasteiger partial charge < -0.3 is 4.55 Å². The first-order chi connectivity index (χ1) is 5.02. The van der Waals surface area contributed by atoms with Crippen LogP contribution in [-0.2, 0) is 37.8 Å². The van der Waals surface area contributed by atoms with Crippen molar-refractivity contribution in [3.63, 3.8) is 0 Å². The summed E-state index contributed by atoms with van der Waals surface area (Å²) in [5.74, 6) is 0. The molecule has 0 heterocycles. The van der Waals surface area contributed by atoms with E-state index in [2.05, 4.69) is 0 Å². The molecule has 0 atom stereocenters. The van der Waals surface area contributed by atoms with Crippen LogP contribution in [0.5, 0.6) is 0 Å². The van der Waals surface area contributed by atoms with Crippen molar-refractivity contribution in [2.45, 2.75) is 4.90 Å². The normalized spacial score (nSPS) is 10.5. The van der Waals surface area contributed by atoms with E-state index in [0.29, 0.717) is 0 Å². The maximum absolute atomic E-state index is 10.4. The van der Waals surface area contributed by atoms with Crippen molar-refractivity contribution < 1.29 is 40.6 Å². The van der Waals surface area contributed by atoms with Crippen molar-refractivity contribution in [1.29, 1.82) is 0 Å². The van der Waals surface area contributed by atoms with Gasteiger partial charge in [-0.05, 0) is 12.1 Å². The van der Waals surface area contributed by atoms with Gasteiger partial charge in [-0.2, -0.15) is 0 Å². The molecule has 0 aliphatic heterocycles. The van der Waals surface area contributed by atoms with E-state index in [-0.39, 0.29) is 37.6 Å². The van der Waals surface area contributed by atoms with Gasteiger partial charge in [0, 0.05) is 0 Å². The molecule has 0 N–H and O–H groups in total. The van der Waals surface area contributed by atoms with Crippen LogP contribution < -0.4 is 0 Å². The molecule has 0 amide bonds. The van der Waals surface area contributed by atoms with Crippen LogP contribution in [-0.4, -0.2) is 13.0 Å². The minimum Gasteiger partial charge on any atom is -0.744 e. The predicted molar refractivity (Wildman–Crippen MR) is 39.4 cm³/mol. The Morgan fingerprint density at radius 3 is 2.08 bits per heavy atom. The quantitative estimate of drug-likeness (QED) is 0.534. The van der Waals surface area contributed by atoms with Gasteiger partial charge in [0.2, 0.25) is 0 Å². The van der Waals surface area contributed by atoms with Crippen molar-refractivity contribution in [2.75, 3.05) is 0 Å². The van der Waals surface area contributed by atoms with Crippen LogP contribution in [0.4, 0.5) is 0 Å². The maximum atomic E-state index is 10.4. The van der Waals surface area contributed by atoms with E-state index in [1.165, 1.54) is 18.2 Å². The van der Waals surface area contributed by atoms with Gasteiger partial charge in [0.25, 0.3) is 0 Å². The molecule has 61 valence electrons. The zero-order valence-electron chi connectivity index (χ0n) is 6.03. The van der Waals surface area contributed by atoms with E-state index in [1.54, 1.807) is 6.07 Å². The summed E-state index contributed by atoms with van der Waals surface area (Å²) in [4.78, 5) is -0.373.